The smallest absolute Gasteiger partial charge is 0.225 e. The first kappa shape index (κ1) is 8.96. The van der Waals surface area contributed by atoms with E-state index < -0.39 is 0 Å². The zero-order chi connectivity index (χ0) is 8.43. The summed E-state index contributed by atoms with van der Waals surface area (Å²) in [6, 6.07) is 0. The molecule has 0 saturated heterocycles. The molecule has 1 aromatic rings. The van der Waals surface area contributed by atoms with Crippen LogP contribution in [0.4, 0.5) is 5.69 Å². The van der Waals surface area contributed by atoms with Gasteiger partial charge < -0.3 is 10.7 Å². The van der Waals surface area contributed by atoms with Crippen molar-refractivity contribution in [2.45, 2.75) is 0 Å². The van der Waals surface area contributed by atoms with Crippen molar-refractivity contribution in [2.75, 3.05) is 0 Å². The van der Waals surface area contributed by atoms with E-state index in [1.54, 1.807) is 0 Å². The molecule has 1 aromatic heterocycles. The molecule has 11 heavy (non-hydrogen) atoms. The zero-order valence-electron chi connectivity index (χ0n) is 5.01. The Hall–Kier alpha value is -0.130. The number of hydrogen-bond acceptors (Lipinski definition) is 3. The Morgan fingerprint density at radius 2 is 1.55 bits per heavy atom. The summed E-state index contributed by atoms with van der Waals surface area (Å²) in [6.07, 6.45) is 0. The van der Waals surface area contributed by atoms with E-state index in [9.17, 15) is 5.21 Å². The van der Waals surface area contributed by atoms with Gasteiger partial charge in [-0.05, 0) is 11.6 Å². The average Bonchev–Trinajstić information content (AvgIpc) is 1.85. The molecule has 0 saturated carbocycles. The highest BCUT2D eigenvalue weighted by Crippen LogP contribution is 2.23. The summed E-state index contributed by atoms with van der Waals surface area (Å²) in [4.78, 5) is 7.02. The minimum Gasteiger partial charge on any atom is -0.630 e. The fourth-order valence-corrected chi connectivity index (χ4v) is 1.22. The third-order valence-corrected chi connectivity index (χ3v) is 1.69. The van der Waals surface area contributed by atoms with Gasteiger partial charge in [-0.2, -0.15) is 9.97 Å². The van der Waals surface area contributed by atoms with Crippen molar-refractivity contribution in [2.24, 2.45) is 0 Å². The molecule has 0 radical (unpaired) electrons. The first-order chi connectivity index (χ1) is 5.15. The number of rotatable bonds is 1. The Balaban J connectivity index is 3.25. The molecule has 0 bridgehead atoms. The Kier molecular flexibility index (Phi) is 2.86. The number of nitrogens with zero attached hydrogens (tertiary/aromatic N) is 2. The summed E-state index contributed by atoms with van der Waals surface area (Å²) in [5.74, 6) is 0. The fraction of sp³-hybridized carbons (Fsp3) is 0. The van der Waals surface area contributed by atoms with Crippen molar-refractivity contribution in [3.8, 4) is 0 Å². The molecule has 60 valence electrons. The highest BCUT2D eigenvalue weighted by molar-refractivity contribution is 6.38. The van der Waals surface area contributed by atoms with Crippen LogP contribution in [0.1, 0.15) is 0 Å². The van der Waals surface area contributed by atoms with E-state index in [1.807, 2.05) is 0 Å². The lowest BCUT2D eigenvalue weighted by Gasteiger charge is -2.03. The van der Waals surface area contributed by atoms with E-state index >= 15 is 0 Å². The van der Waals surface area contributed by atoms with Gasteiger partial charge in [0.05, 0.1) is 0 Å². The molecule has 0 unspecified atom stereocenters. The van der Waals surface area contributed by atoms with Crippen LogP contribution in [-0.4, -0.2) is 9.97 Å². The molecule has 7 heteroatoms. The Bertz CT molecular complexity index is 256. The number of aromatic nitrogens is 2. The highest BCUT2D eigenvalue weighted by atomic mass is 35.5. The normalized spacial score (nSPS) is 10.2. The molecule has 1 rings (SSSR count). The van der Waals surface area contributed by atoms with Gasteiger partial charge in [0.1, 0.15) is 0 Å². The lowest BCUT2D eigenvalue weighted by atomic mass is 10.6. The minimum atomic E-state index is -0.0781. The first-order valence-corrected chi connectivity index (χ1v) is 3.62. The third-order valence-electron chi connectivity index (χ3n) is 0.943. The van der Waals surface area contributed by atoms with Crippen molar-refractivity contribution in [1.29, 1.82) is 0 Å². The van der Waals surface area contributed by atoms with Gasteiger partial charge in [-0.25, -0.2) is 0 Å². The van der Waals surface area contributed by atoms with Crippen molar-refractivity contribution < 1.29 is 5.48 Å². The van der Waals surface area contributed by atoms with Gasteiger partial charge in [0.25, 0.3) is 0 Å². The molecule has 0 aromatic carbocycles. The molecule has 0 amide bonds. The molecule has 0 aliphatic heterocycles. The van der Waals surface area contributed by atoms with Crippen molar-refractivity contribution in [1.82, 2.24) is 9.97 Å². The van der Waals surface area contributed by atoms with E-state index in [0.717, 1.165) is 0 Å². The van der Waals surface area contributed by atoms with Gasteiger partial charge in [-0.3, -0.25) is 0 Å². The topological polar surface area (TPSA) is 65.5 Å². The number of halogens is 3. The van der Waals surface area contributed by atoms with Crippen LogP contribution in [0.5, 0.6) is 0 Å². The quantitative estimate of drug-likeness (QED) is 0.433. The molecule has 4 nitrogen and oxygen atoms in total. The second-order valence-corrected chi connectivity index (χ2v) is 2.66. The molecule has 0 aliphatic rings. The predicted molar refractivity (Wildman–Crippen MR) is 42.0 cm³/mol. The van der Waals surface area contributed by atoms with Crippen molar-refractivity contribution >= 4 is 40.5 Å². The Morgan fingerprint density at radius 3 is 1.91 bits per heavy atom. The van der Waals surface area contributed by atoms with E-state index in [-0.39, 0.29) is 21.3 Å². The Labute approximate surface area is 77.1 Å². The van der Waals surface area contributed by atoms with Gasteiger partial charge in [0, 0.05) is 0 Å². The molecule has 2 N–H and O–H groups in total. The maximum Gasteiger partial charge on any atom is 0.225 e. The molecule has 1 heterocycles. The first-order valence-electron chi connectivity index (χ1n) is 2.49. The van der Waals surface area contributed by atoms with Gasteiger partial charge in [0.15, 0.2) is 10.3 Å². The predicted octanol–water partition coefficient (Wildman–Crippen LogP) is 1.13. The van der Waals surface area contributed by atoms with Crippen LogP contribution in [0.2, 0.25) is 15.6 Å². The summed E-state index contributed by atoms with van der Waals surface area (Å²) < 4.78 is 0. The highest BCUT2D eigenvalue weighted by Gasteiger charge is 2.10. The van der Waals surface area contributed by atoms with Crippen molar-refractivity contribution in [3.05, 3.63) is 20.8 Å². The maximum absolute atomic E-state index is 10.3. The lowest BCUT2D eigenvalue weighted by molar-refractivity contribution is -0.497. The van der Waals surface area contributed by atoms with Gasteiger partial charge >= 0.3 is 0 Å². The Morgan fingerprint density at radius 1 is 1.09 bits per heavy atom. The second kappa shape index (κ2) is 3.51. The molecule has 0 fully saturated rings. The lowest BCUT2D eigenvalue weighted by Crippen LogP contribution is -2.70. The van der Waals surface area contributed by atoms with Crippen LogP contribution in [0.25, 0.3) is 0 Å². The minimum absolute atomic E-state index is 0.0370. The average molecular weight is 214 g/mol. The number of hydrogen-bond donors (Lipinski definition) is 1. The summed E-state index contributed by atoms with van der Waals surface area (Å²) in [5.41, 5.74) is 0.527. The van der Waals surface area contributed by atoms with Crippen LogP contribution in [0.3, 0.4) is 0 Å². The van der Waals surface area contributed by atoms with Crippen LogP contribution in [0.15, 0.2) is 0 Å². The fourth-order valence-electron chi connectivity index (χ4n) is 0.490. The standard InChI is InChI=1S/C4H2Cl3N3O/c5-2-1(10-11)3(6)9-4(7)8-2/h10H2. The monoisotopic (exact) mass is 213 g/mol. The molecule has 0 spiro atoms. The molecule has 0 aliphatic carbocycles. The van der Waals surface area contributed by atoms with Crippen LogP contribution in [-0.2, 0) is 0 Å². The van der Waals surface area contributed by atoms with E-state index in [1.165, 1.54) is 0 Å². The van der Waals surface area contributed by atoms with Crippen LogP contribution >= 0.6 is 34.8 Å². The summed E-state index contributed by atoms with van der Waals surface area (Å²) in [6.45, 7) is 0. The summed E-state index contributed by atoms with van der Waals surface area (Å²) in [7, 11) is 0. The van der Waals surface area contributed by atoms with E-state index in [0.29, 0.717) is 5.48 Å². The van der Waals surface area contributed by atoms with Gasteiger partial charge in [0.2, 0.25) is 11.0 Å². The molecule has 0 atom stereocenters. The molecular weight excluding hydrogens is 212 g/mol. The molecular formula is C4H2Cl3N3O. The summed E-state index contributed by atoms with van der Waals surface area (Å²) >= 11 is 16.3. The SMILES string of the molecule is [O-][NH2+]c1c(Cl)nc(Cl)nc1Cl. The van der Waals surface area contributed by atoms with E-state index in [4.69, 9.17) is 34.8 Å². The number of quaternary nitrogens is 1. The number of nitrogens with two attached hydrogens (primary N) is 1. The van der Waals surface area contributed by atoms with Crippen molar-refractivity contribution in [3.63, 3.8) is 0 Å². The zero-order valence-corrected chi connectivity index (χ0v) is 7.28. The largest absolute Gasteiger partial charge is 0.630 e. The van der Waals surface area contributed by atoms with Crippen LogP contribution < -0.4 is 5.48 Å². The van der Waals surface area contributed by atoms with Gasteiger partial charge in [-0.1, -0.05) is 23.2 Å². The van der Waals surface area contributed by atoms with Crippen LogP contribution in [0, 0.1) is 5.21 Å². The van der Waals surface area contributed by atoms with Gasteiger partial charge in [-0.15, -0.1) is 0 Å². The second-order valence-electron chi connectivity index (χ2n) is 1.61. The maximum atomic E-state index is 10.3. The third kappa shape index (κ3) is 1.91. The summed E-state index contributed by atoms with van der Waals surface area (Å²) in [5, 5.41) is 10.1. The van der Waals surface area contributed by atoms with E-state index in [2.05, 4.69) is 9.97 Å².